The number of hydrogen-bond acceptors (Lipinski definition) is 4. The van der Waals surface area contributed by atoms with E-state index >= 15 is 0 Å². The molecule has 0 aromatic heterocycles. The highest BCUT2D eigenvalue weighted by Gasteiger charge is 2.35. The zero-order valence-electron chi connectivity index (χ0n) is 12.4. The molecule has 8 heteroatoms. The molecule has 0 spiro atoms. The van der Waals surface area contributed by atoms with Crippen LogP contribution in [0.4, 0.5) is 0 Å². The van der Waals surface area contributed by atoms with Gasteiger partial charge in [0.2, 0.25) is 10.0 Å². The zero-order chi connectivity index (χ0) is 16.6. The Bertz CT molecular complexity index is 738. The molecule has 2 saturated carbocycles. The van der Waals surface area contributed by atoms with E-state index in [9.17, 15) is 18.0 Å². The minimum Gasteiger partial charge on any atom is -0.480 e. The predicted octanol–water partition coefficient (Wildman–Crippen LogP) is 0.816. The second kappa shape index (κ2) is 5.93. The molecule has 0 aliphatic heterocycles. The van der Waals surface area contributed by atoms with Crippen molar-refractivity contribution in [2.75, 3.05) is 6.54 Å². The third kappa shape index (κ3) is 3.89. The summed E-state index contributed by atoms with van der Waals surface area (Å²) in [6, 6.07) is 5.67. The quantitative estimate of drug-likeness (QED) is 0.766. The molecule has 1 amide bonds. The Hall–Kier alpha value is -1.93. The van der Waals surface area contributed by atoms with E-state index in [-0.39, 0.29) is 29.1 Å². The number of nitrogens with zero attached hydrogens (tertiary/aromatic N) is 1. The lowest BCUT2D eigenvalue weighted by atomic mass is 10.2. The number of nitrogens with one attached hydrogen (secondary N) is 1. The number of rotatable bonds is 7. The molecule has 0 bridgehead atoms. The van der Waals surface area contributed by atoms with E-state index in [1.54, 1.807) is 0 Å². The minimum atomic E-state index is -3.64. The molecule has 1 aromatic rings. The summed E-state index contributed by atoms with van der Waals surface area (Å²) in [7, 11) is -3.64. The molecule has 0 saturated heterocycles. The highest BCUT2D eigenvalue weighted by atomic mass is 32.2. The van der Waals surface area contributed by atoms with Crippen molar-refractivity contribution in [2.24, 2.45) is 0 Å². The first-order valence-electron chi connectivity index (χ1n) is 7.52. The van der Waals surface area contributed by atoms with Crippen LogP contribution >= 0.6 is 0 Å². The zero-order valence-corrected chi connectivity index (χ0v) is 13.3. The van der Waals surface area contributed by atoms with Gasteiger partial charge in [-0.15, -0.1) is 0 Å². The lowest BCUT2D eigenvalue weighted by Crippen LogP contribution is -2.37. The van der Waals surface area contributed by atoms with E-state index in [4.69, 9.17) is 5.11 Å². The van der Waals surface area contributed by atoms with Gasteiger partial charge in [0.1, 0.15) is 6.54 Å². The number of sulfonamides is 1. The molecule has 23 heavy (non-hydrogen) atoms. The summed E-state index contributed by atoms with van der Waals surface area (Å²) in [5.74, 6) is -1.53. The number of hydrogen-bond donors (Lipinski definition) is 2. The number of carboxylic acids is 1. The average Bonchev–Trinajstić information content (AvgIpc) is 3.37. The molecule has 2 fully saturated rings. The molecule has 0 radical (unpaired) electrons. The van der Waals surface area contributed by atoms with Crippen molar-refractivity contribution in [3.63, 3.8) is 0 Å². The number of carboxylic acid groups (broad SMARTS) is 1. The first kappa shape index (κ1) is 15.9. The fraction of sp³-hybridized carbons (Fsp3) is 0.467. The van der Waals surface area contributed by atoms with Gasteiger partial charge in [-0.1, -0.05) is 6.07 Å². The Morgan fingerprint density at radius 2 is 1.91 bits per heavy atom. The Labute approximate surface area is 134 Å². The maximum atomic E-state index is 12.5. The first-order valence-corrected chi connectivity index (χ1v) is 9.00. The predicted molar refractivity (Wildman–Crippen MR) is 81.5 cm³/mol. The molecule has 0 heterocycles. The molecular formula is C15H18N2O5S. The molecular weight excluding hydrogens is 320 g/mol. The lowest BCUT2D eigenvalue weighted by molar-refractivity contribution is -0.137. The van der Waals surface area contributed by atoms with Gasteiger partial charge in [-0.2, -0.15) is 0 Å². The van der Waals surface area contributed by atoms with Crippen LogP contribution in [0.5, 0.6) is 0 Å². The summed E-state index contributed by atoms with van der Waals surface area (Å²) in [6.07, 6.45) is 3.21. The highest BCUT2D eigenvalue weighted by molar-refractivity contribution is 7.89. The van der Waals surface area contributed by atoms with Gasteiger partial charge >= 0.3 is 5.97 Å². The van der Waals surface area contributed by atoms with Gasteiger partial charge in [0.15, 0.2) is 0 Å². The van der Waals surface area contributed by atoms with Crippen LogP contribution in [-0.2, 0) is 14.8 Å². The number of amides is 1. The standard InChI is InChI=1S/C15H18N2O5S/c18-14(19)9-17(12-6-7-12)15(20)10-2-1-3-13(8-10)23(21,22)16-11-4-5-11/h1-3,8,11-12,16H,4-7,9H2,(H,18,19). The molecule has 2 aliphatic carbocycles. The third-order valence-electron chi connectivity index (χ3n) is 3.84. The van der Waals surface area contributed by atoms with E-state index < -0.39 is 21.9 Å². The number of carbonyl (C=O) groups is 2. The maximum Gasteiger partial charge on any atom is 0.323 e. The van der Waals surface area contributed by atoms with Crippen LogP contribution < -0.4 is 4.72 Å². The van der Waals surface area contributed by atoms with Crippen molar-refractivity contribution in [3.8, 4) is 0 Å². The molecule has 2 N–H and O–H groups in total. The number of aliphatic carboxylic acids is 1. The van der Waals surface area contributed by atoms with Crippen LogP contribution in [0.25, 0.3) is 0 Å². The summed E-state index contributed by atoms with van der Waals surface area (Å²) < 4.78 is 27.0. The van der Waals surface area contributed by atoms with E-state index in [1.807, 2.05) is 0 Å². The van der Waals surface area contributed by atoms with Crippen molar-refractivity contribution < 1.29 is 23.1 Å². The van der Waals surface area contributed by atoms with Crippen LogP contribution in [-0.4, -0.2) is 48.9 Å². The summed E-state index contributed by atoms with van der Waals surface area (Å²) in [4.78, 5) is 24.8. The van der Waals surface area contributed by atoms with E-state index in [0.29, 0.717) is 0 Å². The molecule has 0 unspecified atom stereocenters. The number of benzene rings is 1. The monoisotopic (exact) mass is 338 g/mol. The molecule has 2 aliphatic rings. The fourth-order valence-electron chi connectivity index (χ4n) is 2.35. The maximum absolute atomic E-state index is 12.5. The van der Waals surface area contributed by atoms with Crippen LogP contribution in [0.3, 0.4) is 0 Å². The fourth-order valence-corrected chi connectivity index (χ4v) is 3.70. The topological polar surface area (TPSA) is 104 Å². The molecule has 0 atom stereocenters. The normalized spacial score (nSPS) is 17.7. The van der Waals surface area contributed by atoms with E-state index in [2.05, 4.69) is 4.72 Å². The Balaban J connectivity index is 1.83. The Morgan fingerprint density at radius 1 is 1.22 bits per heavy atom. The highest BCUT2D eigenvalue weighted by Crippen LogP contribution is 2.28. The van der Waals surface area contributed by atoms with Crippen LogP contribution in [0.15, 0.2) is 29.2 Å². The molecule has 124 valence electrons. The van der Waals surface area contributed by atoms with Crippen molar-refractivity contribution in [1.29, 1.82) is 0 Å². The number of carbonyl (C=O) groups excluding carboxylic acids is 1. The smallest absolute Gasteiger partial charge is 0.323 e. The first-order chi connectivity index (χ1) is 10.9. The summed E-state index contributed by atoms with van der Waals surface area (Å²) in [5, 5.41) is 8.95. The largest absolute Gasteiger partial charge is 0.480 e. The van der Waals surface area contributed by atoms with E-state index in [0.717, 1.165) is 25.7 Å². The molecule has 7 nitrogen and oxygen atoms in total. The third-order valence-corrected chi connectivity index (χ3v) is 5.36. The second-order valence-corrected chi connectivity index (χ2v) is 7.70. The van der Waals surface area contributed by atoms with E-state index in [1.165, 1.54) is 29.2 Å². The van der Waals surface area contributed by atoms with Crippen molar-refractivity contribution in [3.05, 3.63) is 29.8 Å². The molecule has 1 aromatic carbocycles. The van der Waals surface area contributed by atoms with Crippen LogP contribution in [0.1, 0.15) is 36.0 Å². The van der Waals surface area contributed by atoms with Crippen LogP contribution in [0, 0.1) is 0 Å². The Morgan fingerprint density at radius 3 is 2.48 bits per heavy atom. The van der Waals surface area contributed by atoms with Gasteiger partial charge in [0.25, 0.3) is 5.91 Å². The lowest BCUT2D eigenvalue weighted by Gasteiger charge is -2.20. The van der Waals surface area contributed by atoms with Crippen LogP contribution in [0.2, 0.25) is 0 Å². The van der Waals surface area contributed by atoms with Gasteiger partial charge < -0.3 is 10.0 Å². The van der Waals surface area contributed by atoms with Gasteiger partial charge in [-0.3, -0.25) is 9.59 Å². The van der Waals surface area contributed by atoms with Gasteiger partial charge in [0.05, 0.1) is 4.90 Å². The summed E-state index contributed by atoms with van der Waals surface area (Å²) >= 11 is 0. The van der Waals surface area contributed by atoms with Crippen molar-refractivity contribution in [1.82, 2.24) is 9.62 Å². The van der Waals surface area contributed by atoms with Gasteiger partial charge in [0, 0.05) is 17.6 Å². The minimum absolute atomic E-state index is 0.0191. The summed E-state index contributed by atoms with van der Waals surface area (Å²) in [6.45, 7) is -0.374. The van der Waals surface area contributed by atoms with Crippen molar-refractivity contribution in [2.45, 2.75) is 42.7 Å². The SMILES string of the molecule is O=C(O)CN(C(=O)c1cccc(S(=O)(=O)NC2CC2)c1)C1CC1. The van der Waals surface area contributed by atoms with Gasteiger partial charge in [-0.25, -0.2) is 13.1 Å². The van der Waals surface area contributed by atoms with Crippen molar-refractivity contribution >= 4 is 21.9 Å². The summed E-state index contributed by atoms with van der Waals surface area (Å²) in [5.41, 5.74) is 0.192. The molecule has 3 rings (SSSR count). The second-order valence-electron chi connectivity index (χ2n) is 5.98. The van der Waals surface area contributed by atoms with Gasteiger partial charge in [-0.05, 0) is 43.9 Å². The Kier molecular flexibility index (Phi) is 4.11. The average molecular weight is 338 g/mol.